The van der Waals surface area contributed by atoms with Crippen LogP contribution in [0.15, 0.2) is 0 Å². The van der Waals surface area contributed by atoms with E-state index >= 15 is 0 Å². The molecule has 3 N–H and O–H groups in total. The van der Waals surface area contributed by atoms with E-state index in [9.17, 15) is 0 Å². The van der Waals surface area contributed by atoms with Gasteiger partial charge in [0.2, 0.25) is 0 Å². The first kappa shape index (κ1) is 14.4. The van der Waals surface area contributed by atoms with E-state index in [4.69, 9.17) is 11.1 Å². The predicted octanol–water partition coefficient (Wildman–Crippen LogP) is 1.13. The second-order valence-electron chi connectivity index (χ2n) is 5.13. The highest BCUT2D eigenvalue weighted by Crippen LogP contribution is 2.21. The molecule has 2 heterocycles. The summed E-state index contributed by atoms with van der Waals surface area (Å²) >= 11 is 1.59. The number of amidine groups is 1. The van der Waals surface area contributed by atoms with E-state index in [0.717, 1.165) is 61.1 Å². The third-order valence-corrected chi connectivity index (χ3v) is 4.54. The van der Waals surface area contributed by atoms with E-state index in [2.05, 4.69) is 28.8 Å². The van der Waals surface area contributed by atoms with Crippen LogP contribution in [0, 0.1) is 5.41 Å². The number of nitrogen functional groups attached to an aromatic ring is 1. The Morgan fingerprint density at radius 1 is 1.37 bits per heavy atom. The van der Waals surface area contributed by atoms with Crippen molar-refractivity contribution in [2.75, 3.05) is 33.2 Å². The van der Waals surface area contributed by atoms with Crippen LogP contribution in [0.5, 0.6) is 0 Å². The molecule has 19 heavy (non-hydrogen) atoms. The number of aryl methyl sites for hydroxylation is 1. The minimum absolute atomic E-state index is 0.158. The maximum atomic E-state index is 7.64. The number of nitrogens with zero attached hydrogens (tertiary/aromatic N) is 3. The number of aromatic nitrogens is 1. The lowest BCUT2D eigenvalue weighted by atomic mass is 10.2. The third kappa shape index (κ3) is 3.75. The molecule has 0 aliphatic carbocycles. The van der Waals surface area contributed by atoms with Gasteiger partial charge < -0.3 is 10.6 Å². The Hall–Kier alpha value is -0.980. The van der Waals surface area contributed by atoms with Crippen LogP contribution in [-0.4, -0.2) is 53.8 Å². The second-order valence-corrected chi connectivity index (χ2v) is 6.21. The van der Waals surface area contributed by atoms with Gasteiger partial charge in [-0.3, -0.25) is 10.3 Å². The van der Waals surface area contributed by atoms with Gasteiger partial charge >= 0.3 is 0 Å². The zero-order valence-corrected chi connectivity index (χ0v) is 12.6. The lowest BCUT2D eigenvalue weighted by Gasteiger charge is -2.31. The largest absolute Gasteiger partial charge is 0.383 e. The molecule has 0 bridgehead atoms. The predicted molar refractivity (Wildman–Crippen MR) is 79.9 cm³/mol. The number of piperazine rings is 1. The number of hydrogen-bond acceptors (Lipinski definition) is 5. The van der Waals surface area contributed by atoms with Gasteiger partial charge in [-0.1, -0.05) is 13.3 Å². The summed E-state index contributed by atoms with van der Waals surface area (Å²) < 4.78 is 0. The Morgan fingerprint density at radius 3 is 2.63 bits per heavy atom. The molecule has 1 aliphatic rings. The first-order valence-electron chi connectivity index (χ1n) is 6.84. The molecule has 0 saturated carbocycles. The normalized spacial score (nSPS) is 17.8. The van der Waals surface area contributed by atoms with Gasteiger partial charge in [0.25, 0.3) is 0 Å². The van der Waals surface area contributed by atoms with E-state index in [0.29, 0.717) is 0 Å². The molecule has 0 aromatic carbocycles. The Kier molecular flexibility index (Phi) is 4.90. The van der Waals surface area contributed by atoms with Crippen LogP contribution in [0.3, 0.4) is 0 Å². The topological polar surface area (TPSA) is 69.2 Å². The quantitative estimate of drug-likeness (QED) is 0.627. The standard InChI is InChI=1S/C13H23N5S/c1-3-4-10-12(13(14)15)19-11(16-10)9-18-7-5-17(2)6-8-18/h3-9H2,1-2H3,(H3,14,15). The Bertz CT molecular complexity index is 434. The molecule has 1 aromatic heterocycles. The lowest BCUT2D eigenvalue weighted by molar-refractivity contribution is 0.148. The smallest absolute Gasteiger partial charge is 0.135 e. The van der Waals surface area contributed by atoms with Crippen molar-refractivity contribution in [1.82, 2.24) is 14.8 Å². The number of rotatable bonds is 5. The van der Waals surface area contributed by atoms with Gasteiger partial charge in [-0.25, -0.2) is 4.98 Å². The summed E-state index contributed by atoms with van der Waals surface area (Å²) in [5.74, 6) is 0.158. The maximum absolute atomic E-state index is 7.64. The molecule has 0 atom stereocenters. The Balaban J connectivity index is 2.04. The minimum Gasteiger partial charge on any atom is -0.383 e. The second kappa shape index (κ2) is 6.45. The van der Waals surface area contributed by atoms with Gasteiger partial charge in [0.15, 0.2) is 0 Å². The molecule has 0 radical (unpaired) electrons. The first-order valence-corrected chi connectivity index (χ1v) is 7.65. The van der Waals surface area contributed by atoms with Crippen molar-refractivity contribution in [2.24, 2.45) is 5.73 Å². The summed E-state index contributed by atoms with van der Waals surface area (Å²) in [6, 6.07) is 0. The van der Waals surface area contributed by atoms with Crippen molar-refractivity contribution < 1.29 is 0 Å². The van der Waals surface area contributed by atoms with Crippen molar-refractivity contribution in [3.05, 3.63) is 15.6 Å². The van der Waals surface area contributed by atoms with Crippen LogP contribution in [0.2, 0.25) is 0 Å². The van der Waals surface area contributed by atoms with Crippen molar-refractivity contribution >= 4 is 17.2 Å². The van der Waals surface area contributed by atoms with Gasteiger partial charge in [-0.2, -0.15) is 0 Å². The Morgan fingerprint density at radius 2 is 2.05 bits per heavy atom. The number of thiazole rings is 1. The summed E-state index contributed by atoms with van der Waals surface area (Å²) in [7, 11) is 2.16. The van der Waals surface area contributed by atoms with Crippen LogP contribution in [0.4, 0.5) is 0 Å². The number of nitrogens with two attached hydrogens (primary N) is 1. The number of hydrogen-bond donors (Lipinski definition) is 2. The zero-order valence-electron chi connectivity index (χ0n) is 11.8. The van der Waals surface area contributed by atoms with Crippen molar-refractivity contribution in [3.8, 4) is 0 Å². The zero-order chi connectivity index (χ0) is 13.8. The van der Waals surface area contributed by atoms with E-state index < -0.39 is 0 Å². The van der Waals surface area contributed by atoms with Crippen LogP contribution in [0.25, 0.3) is 0 Å². The lowest BCUT2D eigenvalue weighted by Crippen LogP contribution is -2.43. The van der Waals surface area contributed by atoms with Crippen molar-refractivity contribution in [3.63, 3.8) is 0 Å². The molecule has 106 valence electrons. The van der Waals surface area contributed by atoms with Gasteiger partial charge in [0, 0.05) is 26.2 Å². The summed E-state index contributed by atoms with van der Waals surface area (Å²) in [6.45, 7) is 7.44. The molecule has 1 aliphatic heterocycles. The van der Waals surface area contributed by atoms with E-state index in [1.165, 1.54) is 0 Å². The number of nitrogens with one attached hydrogen (secondary N) is 1. The van der Waals surface area contributed by atoms with Gasteiger partial charge in [-0.15, -0.1) is 11.3 Å². The molecule has 2 rings (SSSR count). The third-order valence-electron chi connectivity index (χ3n) is 3.43. The Labute approximate surface area is 118 Å². The van der Waals surface area contributed by atoms with E-state index in [1.54, 1.807) is 11.3 Å². The molecule has 6 heteroatoms. The molecule has 1 saturated heterocycles. The molecular weight excluding hydrogens is 258 g/mol. The SMILES string of the molecule is CCCc1nc(CN2CCN(C)CC2)sc1C(=N)N. The van der Waals surface area contributed by atoms with E-state index in [1.807, 2.05) is 0 Å². The van der Waals surface area contributed by atoms with Crippen LogP contribution < -0.4 is 5.73 Å². The van der Waals surface area contributed by atoms with Crippen molar-refractivity contribution in [1.29, 1.82) is 5.41 Å². The van der Waals surface area contributed by atoms with Gasteiger partial charge in [0.1, 0.15) is 10.8 Å². The van der Waals surface area contributed by atoms with Crippen LogP contribution in [0.1, 0.15) is 28.9 Å². The molecule has 0 unspecified atom stereocenters. The molecule has 5 nitrogen and oxygen atoms in total. The first-order chi connectivity index (χ1) is 9.10. The minimum atomic E-state index is 0.158. The molecule has 0 amide bonds. The summed E-state index contributed by atoms with van der Waals surface area (Å²) in [4.78, 5) is 10.3. The average molecular weight is 281 g/mol. The maximum Gasteiger partial charge on any atom is 0.135 e. The van der Waals surface area contributed by atoms with E-state index in [-0.39, 0.29) is 5.84 Å². The summed E-state index contributed by atoms with van der Waals surface area (Å²) in [5, 5.41) is 8.74. The molecular formula is C13H23N5S. The fourth-order valence-electron chi connectivity index (χ4n) is 2.28. The number of likely N-dealkylation sites (N-methyl/N-ethyl adjacent to an activating group) is 1. The summed E-state index contributed by atoms with van der Waals surface area (Å²) in [6.07, 6.45) is 1.95. The highest BCUT2D eigenvalue weighted by Gasteiger charge is 2.18. The average Bonchev–Trinajstić information content (AvgIpc) is 2.76. The fraction of sp³-hybridized carbons (Fsp3) is 0.692. The molecule has 0 spiro atoms. The van der Waals surface area contributed by atoms with Gasteiger partial charge in [0.05, 0.1) is 17.1 Å². The summed E-state index contributed by atoms with van der Waals surface area (Å²) in [5.41, 5.74) is 6.65. The highest BCUT2D eigenvalue weighted by atomic mass is 32.1. The monoisotopic (exact) mass is 281 g/mol. The fourth-order valence-corrected chi connectivity index (χ4v) is 3.30. The van der Waals surface area contributed by atoms with Crippen molar-refractivity contribution in [2.45, 2.75) is 26.3 Å². The van der Waals surface area contributed by atoms with Crippen LogP contribution >= 0.6 is 11.3 Å². The molecule has 1 fully saturated rings. The highest BCUT2D eigenvalue weighted by molar-refractivity contribution is 7.13. The molecule has 1 aromatic rings. The van der Waals surface area contributed by atoms with Crippen LogP contribution in [-0.2, 0) is 13.0 Å². The van der Waals surface area contributed by atoms with Gasteiger partial charge in [-0.05, 0) is 13.5 Å².